The monoisotopic (exact) mass is 313 g/mol. The van der Waals surface area contributed by atoms with Crippen molar-refractivity contribution in [3.8, 4) is 0 Å². The zero-order valence-corrected chi connectivity index (χ0v) is 13.0. The summed E-state index contributed by atoms with van der Waals surface area (Å²) in [6.45, 7) is 2.88. The van der Waals surface area contributed by atoms with E-state index in [1.54, 1.807) is 34.8 Å². The van der Waals surface area contributed by atoms with Crippen molar-refractivity contribution in [2.24, 2.45) is 7.05 Å². The number of aryl methyl sites for hydroxylation is 1. The van der Waals surface area contributed by atoms with Crippen LogP contribution in [0.3, 0.4) is 0 Å². The summed E-state index contributed by atoms with van der Waals surface area (Å²) in [6, 6.07) is 6.69. The van der Waals surface area contributed by atoms with E-state index >= 15 is 0 Å². The van der Waals surface area contributed by atoms with E-state index < -0.39 is 0 Å². The third-order valence-corrected chi connectivity index (χ3v) is 4.31. The number of thioether (sulfide) groups is 1. The number of hydrogen-bond donors (Lipinski definition) is 1. The summed E-state index contributed by atoms with van der Waals surface area (Å²) in [6.07, 6.45) is 1.65. The first-order valence-electron chi connectivity index (χ1n) is 6.41. The second-order valence-corrected chi connectivity index (χ2v) is 5.88. The average Bonchev–Trinajstić information content (AvgIpc) is 2.75. The normalized spacial score (nSPS) is 12.6. The fourth-order valence-corrected chi connectivity index (χ4v) is 3.33. The first-order chi connectivity index (χ1) is 9.61. The predicted octanol–water partition coefficient (Wildman–Crippen LogP) is 3.66. The van der Waals surface area contributed by atoms with E-state index in [4.69, 9.17) is 11.6 Å². The molecule has 1 unspecified atom stereocenters. The summed E-state index contributed by atoms with van der Waals surface area (Å²) in [5.74, 6) is 0.546. The summed E-state index contributed by atoms with van der Waals surface area (Å²) in [4.78, 5) is 0.909. The van der Waals surface area contributed by atoms with Gasteiger partial charge in [-0.05, 0) is 24.7 Å². The molecule has 1 aromatic carbocycles. The highest BCUT2D eigenvalue weighted by molar-refractivity contribution is 7.99. The quantitative estimate of drug-likeness (QED) is 0.826. The van der Waals surface area contributed by atoms with Crippen molar-refractivity contribution in [3.63, 3.8) is 0 Å². The maximum absolute atomic E-state index is 13.2. The number of halogens is 2. The fraction of sp³-hybridized carbons (Fsp3) is 0.357. The molecule has 1 atom stereocenters. The van der Waals surface area contributed by atoms with Crippen LogP contribution in [0.2, 0.25) is 5.02 Å². The lowest BCUT2D eigenvalue weighted by atomic mass is 10.2. The van der Waals surface area contributed by atoms with Crippen molar-refractivity contribution in [1.29, 1.82) is 0 Å². The lowest BCUT2D eigenvalue weighted by Gasteiger charge is -2.18. The zero-order chi connectivity index (χ0) is 14.5. The maximum Gasteiger partial charge on any atom is 0.124 e. The molecule has 0 fully saturated rings. The van der Waals surface area contributed by atoms with Crippen LogP contribution < -0.4 is 5.32 Å². The van der Waals surface area contributed by atoms with Crippen LogP contribution in [-0.4, -0.2) is 22.1 Å². The third kappa shape index (κ3) is 3.75. The van der Waals surface area contributed by atoms with Crippen molar-refractivity contribution in [2.45, 2.75) is 17.9 Å². The molecule has 2 rings (SSSR count). The van der Waals surface area contributed by atoms with E-state index in [9.17, 15) is 4.39 Å². The lowest BCUT2D eigenvalue weighted by molar-refractivity contribution is 0.553. The molecule has 0 bridgehead atoms. The Morgan fingerprint density at radius 1 is 1.50 bits per heavy atom. The molecule has 1 aromatic heterocycles. The third-order valence-electron chi connectivity index (χ3n) is 2.93. The van der Waals surface area contributed by atoms with E-state index in [2.05, 4.69) is 10.4 Å². The maximum atomic E-state index is 13.2. The summed E-state index contributed by atoms with van der Waals surface area (Å²) in [5, 5.41) is 8.21. The largest absolute Gasteiger partial charge is 0.308 e. The van der Waals surface area contributed by atoms with Crippen LogP contribution in [-0.2, 0) is 7.05 Å². The standard InChI is InChI=1S/C14H17ClFN3S/c1-3-17-13(14-12(15)8-18-19(14)2)9-20-11-6-4-5-10(16)7-11/h4-8,13,17H,3,9H2,1-2H3. The first-order valence-corrected chi connectivity index (χ1v) is 7.77. The molecule has 108 valence electrons. The van der Waals surface area contributed by atoms with Gasteiger partial charge in [0, 0.05) is 17.7 Å². The molecule has 0 spiro atoms. The number of aromatic nitrogens is 2. The number of nitrogens with zero attached hydrogens (tertiary/aromatic N) is 2. The molecule has 1 heterocycles. The van der Waals surface area contributed by atoms with Gasteiger partial charge in [-0.25, -0.2) is 4.39 Å². The Balaban J connectivity index is 2.10. The van der Waals surface area contributed by atoms with E-state index in [1.165, 1.54) is 6.07 Å². The van der Waals surface area contributed by atoms with Gasteiger partial charge in [-0.1, -0.05) is 24.6 Å². The van der Waals surface area contributed by atoms with Crippen molar-refractivity contribution in [1.82, 2.24) is 15.1 Å². The first kappa shape index (κ1) is 15.4. The SMILES string of the molecule is CCNC(CSc1cccc(F)c1)c1c(Cl)cnn1C. The Morgan fingerprint density at radius 3 is 2.90 bits per heavy atom. The number of hydrogen-bond acceptors (Lipinski definition) is 3. The lowest BCUT2D eigenvalue weighted by Crippen LogP contribution is -2.25. The van der Waals surface area contributed by atoms with Crippen molar-refractivity contribution >= 4 is 23.4 Å². The molecule has 6 heteroatoms. The average molecular weight is 314 g/mol. The molecule has 0 aliphatic rings. The number of benzene rings is 1. The van der Waals surface area contributed by atoms with E-state index in [0.29, 0.717) is 5.02 Å². The van der Waals surface area contributed by atoms with Crippen LogP contribution in [0.4, 0.5) is 4.39 Å². The Kier molecular flexibility index (Phi) is 5.46. The van der Waals surface area contributed by atoms with Gasteiger partial charge in [0.15, 0.2) is 0 Å². The molecule has 0 saturated heterocycles. The van der Waals surface area contributed by atoms with Crippen LogP contribution in [0.1, 0.15) is 18.7 Å². The zero-order valence-electron chi connectivity index (χ0n) is 11.4. The minimum absolute atomic E-state index is 0.0771. The van der Waals surface area contributed by atoms with Gasteiger partial charge in [-0.2, -0.15) is 5.10 Å². The highest BCUT2D eigenvalue weighted by Crippen LogP contribution is 2.28. The minimum atomic E-state index is -0.214. The number of rotatable bonds is 6. The molecule has 0 radical (unpaired) electrons. The highest BCUT2D eigenvalue weighted by Gasteiger charge is 2.18. The second-order valence-electron chi connectivity index (χ2n) is 4.38. The molecule has 0 aliphatic heterocycles. The number of nitrogens with one attached hydrogen (secondary N) is 1. The van der Waals surface area contributed by atoms with Crippen molar-refractivity contribution in [3.05, 3.63) is 47.0 Å². The fourth-order valence-electron chi connectivity index (χ4n) is 2.03. The molecular formula is C14H17ClFN3S. The summed E-state index contributed by atoms with van der Waals surface area (Å²) < 4.78 is 15.0. The molecule has 3 nitrogen and oxygen atoms in total. The van der Waals surface area contributed by atoms with Gasteiger partial charge in [-0.3, -0.25) is 4.68 Å². The summed E-state index contributed by atoms with van der Waals surface area (Å²) in [5.41, 5.74) is 0.956. The summed E-state index contributed by atoms with van der Waals surface area (Å²) >= 11 is 7.79. The smallest absolute Gasteiger partial charge is 0.124 e. The van der Waals surface area contributed by atoms with E-state index in [-0.39, 0.29) is 11.9 Å². The van der Waals surface area contributed by atoms with Crippen LogP contribution in [0.15, 0.2) is 35.4 Å². The van der Waals surface area contributed by atoms with Gasteiger partial charge in [-0.15, -0.1) is 11.8 Å². The van der Waals surface area contributed by atoms with Gasteiger partial charge in [0.2, 0.25) is 0 Å². The predicted molar refractivity (Wildman–Crippen MR) is 81.8 cm³/mol. The Morgan fingerprint density at radius 2 is 2.30 bits per heavy atom. The highest BCUT2D eigenvalue weighted by atomic mass is 35.5. The topological polar surface area (TPSA) is 29.9 Å². The van der Waals surface area contributed by atoms with Crippen LogP contribution in [0, 0.1) is 5.82 Å². The Labute approximate surface area is 127 Å². The molecule has 20 heavy (non-hydrogen) atoms. The van der Waals surface area contributed by atoms with E-state index in [1.807, 2.05) is 20.0 Å². The molecule has 2 aromatic rings. The molecular weight excluding hydrogens is 297 g/mol. The van der Waals surface area contributed by atoms with Crippen LogP contribution in [0.25, 0.3) is 0 Å². The Bertz CT molecular complexity index is 554. The second kappa shape index (κ2) is 7.11. The molecule has 0 aliphatic carbocycles. The van der Waals surface area contributed by atoms with Crippen LogP contribution in [0.5, 0.6) is 0 Å². The van der Waals surface area contributed by atoms with Crippen LogP contribution >= 0.6 is 23.4 Å². The van der Waals surface area contributed by atoms with Gasteiger partial charge in [0.05, 0.1) is 23.0 Å². The van der Waals surface area contributed by atoms with Gasteiger partial charge >= 0.3 is 0 Å². The molecule has 0 saturated carbocycles. The minimum Gasteiger partial charge on any atom is -0.308 e. The van der Waals surface area contributed by atoms with E-state index in [0.717, 1.165) is 22.9 Å². The molecule has 1 N–H and O–H groups in total. The molecule has 0 amide bonds. The Hall–Kier alpha value is -1.04. The van der Waals surface area contributed by atoms with Gasteiger partial charge in [0.1, 0.15) is 5.82 Å². The van der Waals surface area contributed by atoms with Gasteiger partial charge < -0.3 is 5.32 Å². The van der Waals surface area contributed by atoms with Crippen molar-refractivity contribution < 1.29 is 4.39 Å². The van der Waals surface area contributed by atoms with Crippen molar-refractivity contribution in [2.75, 3.05) is 12.3 Å². The van der Waals surface area contributed by atoms with Gasteiger partial charge in [0.25, 0.3) is 0 Å². The summed E-state index contributed by atoms with van der Waals surface area (Å²) in [7, 11) is 1.87.